The molecule has 2 heterocycles. The summed E-state index contributed by atoms with van der Waals surface area (Å²) in [5.41, 5.74) is 0.466. The van der Waals surface area contributed by atoms with Crippen LogP contribution in [0, 0.1) is 5.92 Å². The predicted octanol–water partition coefficient (Wildman–Crippen LogP) is 3.09. The molecule has 2 unspecified atom stereocenters. The number of nitrogens with zero attached hydrogens (tertiary/aromatic N) is 1. The van der Waals surface area contributed by atoms with Crippen LogP contribution in [0.25, 0.3) is 0 Å². The topological polar surface area (TPSA) is 105 Å². The molecule has 0 spiro atoms. The number of nitrogens with one attached hydrogen (secondary N) is 2. The van der Waals surface area contributed by atoms with Gasteiger partial charge in [0.2, 0.25) is 5.91 Å². The molecule has 8 nitrogen and oxygen atoms in total. The molecular weight excluding hydrogens is 422 g/mol. The number of rotatable bonds is 8. The molecule has 0 saturated carbocycles. The molecule has 2 N–H and O–H groups in total. The molecule has 172 valence electrons. The van der Waals surface area contributed by atoms with Gasteiger partial charge in [0.05, 0.1) is 19.1 Å². The molecule has 2 atom stereocenters. The second-order valence-corrected chi connectivity index (χ2v) is 8.39. The molecule has 2 aromatic rings. The lowest BCUT2D eigenvalue weighted by Gasteiger charge is -2.26. The van der Waals surface area contributed by atoms with Crippen molar-refractivity contribution in [3.63, 3.8) is 0 Å². The summed E-state index contributed by atoms with van der Waals surface area (Å²) in [5, 5.41) is 5.65. The van der Waals surface area contributed by atoms with Crippen LogP contribution in [0.15, 0.2) is 54.6 Å². The minimum absolute atomic E-state index is 0.112. The van der Waals surface area contributed by atoms with Crippen LogP contribution >= 0.6 is 0 Å². The van der Waals surface area contributed by atoms with Gasteiger partial charge < -0.3 is 15.4 Å². The van der Waals surface area contributed by atoms with Crippen LogP contribution in [0.1, 0.15) is 42.1 Å². The summed E-state index contributed by atoms with van der Waals surface area (Å²) in [7, 11) is 0. The SMILES string of the molecule is CCCC1(c2ccccc2)NC(=O)N(CC(=O)c2ccc(NC(=O)C3CCOC3)cc2)C1=O. The first kappa shape index (κ1) is 22.7. The van der Waals surface area contributed by atoms with Crippen LogP contribution in [0.4, 0.5) is 10.5 Å². The van der Waals surface area contributed by atoms with Crippen molar-refractivity contribution in [1.82, 2.24) is 10.2 Å². The third-order valence-electron chi connectivity index (χ3n) is 6.14. The van der Waals surface area contributed by atoms with Gasteiger partial charge in [0, 0.05) is 17.9 Å². The van der Waals surface area contributed by atoms with Crippen LogP contribution in [-0.4, -0.2) is 48.3 Å². The fraction of sp³-hybridized carbons (Fsp3) is 0.360. The van der Waals surface area contributed by atoms with Crippen LogP contribution < -0.4 is 10.6 Å². The van der Waals surface area contributed by atoms with E-state index < -0.39 is 17.5 Å². The van der Waals surface area contributed by atoms with E-state index in [1.165, 1.54) is 0 Å². The second kappa shape index (κ2) is 9.54. The van der Waals surface area contributed by atoms with Gasteiger partial charge >= 0.3 is 6.03 Å². The Morgan fingerprint density at radius 3 is 2.48 bits per heavy atom. The van der Waals surface area contributed by atoms with E-state index >= 15 is 0 Å². The number of imide groups is 1. The molecule has 0 aliphatic carbocycles. The quantitative estimate of drug-likeness (QED) is 0.476. The number of carbonyl (C=O) groups excluding carboxylic acids is 4. The maximum absolute atomic E-state index is 13.3. The summed E-state index contributed by atoms with van der Waals surface area (Å²) < 4.78 is 5.23. The van der Waals surface area contributed by atoms with Crippen molar-refractivity contribution in [2.45, 2.75) is 31.7 Å². The molecule has 2 aliphatic rings. The lowest BCUT2D eigenvalue weighted by molar-refractivity contribution is -0.131. The number of hydrogen-bond acceptors (Lipinski definition) is 5. The minimum atomic E-state index is -1.16. The van der Waals surface area contributed by atoms with Crippen LogP contribution in [0.3, 0.4) is 0 Å². The Hall–Kier alpha value is -3.52. The maximum Gasteiger partial charge on any atom is 0.325 e. The van der Waals surface area contributed by atoms with E-state index in [1.54, 1.807) is 24.3 Å². The summed E-state index contributed by atoms with van der Waals surface area (Å²) in [6, 6.07) is 15.0. The molecule has 0 bridgehead atoms. The first-order valence-electron chi connectivity index (χ1n) is 11.2. The highest BCUT2D eigenvalue weighted by atomic mass is 16.5. The van der Waals surface area contributed by atoms with Gasteiger partial charge in [0.25, 0.3) is 5.91 Å². The number of carbonyl (C=O) groups is 4. The Labute approximate surface area is 192 Å². The zero-order valence-electron chi connectivity index (χ0n) is 18.5. The van der Waals surface area contributed by atoms with Crippen LogP contribution in [-0.2, 0) is 19.9 Å². The highest BCUT2D eigenvalue weighted by Crippen LogP contribution is 2.33. The van der Waals surface area contributed by atoms with Gasteiger partial charge in [-0.05, 0) is 42.7 Å². The monoisotopic (exact) mass is 449 g/mol. The van der Waals surface area contributed by atoms with Crippen molar-refractivity contribution in [3.8, 4) is 0 Å². The lowest BCUT2D eigenvalue weighted by Crippen LogP contribution is -2.44. The van der Waals surface area contributed by atoms with Crippen molar-refractivity contribution in [2.24, 2.45) is 5.92 Å². The van der Waals surface area contributed by atoms with Gasteiger partial charge in [-0.2, -0.15) is 0 Å². The summed E-state index contributed by atoms with van der Waals surface area (Å²) in [6.07, 6.45) is 1.81. The molecule has 0 radical (unpaired) electrons. The van der Waals surface area contributed by atoms with E-state index in [-0.39, 0.29) is 24.2 Å². The van der Waals surface area contributed by atoms with Gasteiger partial charge in [-0.15, -0.1) is 0 Å². The van der Waals surface area contributed by atoms with Crippen molar-refractivity contribution >= 4 is 29.3 Å². The molecule has 2 aromatic carbocycles. The number of amides is 4. The van der Waals surface area contributed by atoms with Gasteiger partial charge in [0.1, 0.15) is 5.54 Å². The summed E-state index contributed by atoms with van der Waals surface area (Å²) in [4.78, 5) is 52.1. The second-order valence-electron chi connectivity index (χ2n) is 8.39. The van der Waals surface area contributed by atoms with Crippen molar-refractivity contribution < 1.29 is 23.9 Å². The fourth-order valence-electron chi connectivity index (χ4n) is 4.34. The van der Waals surface area contributed by atoms with E-state index in [9.17, 15) is 19.2 Å². The number of ketones is 1. The molecule has 2 fully saturated rings. The number of urea groups is 1. The normalized spacial score (nSPS) is 22.3. The molecule has 33 heavy (non-hydrogen) atoms. The zero-order chi connectivity index (χ0) is 23.4. The predicted molar refractivity (Wildman–Crippen MR) is 122 cm³/mol. The Bertz CT molecular complexity index is 1050. The molecule has 4 amide bonds. The number of anilines is 1. The maximum atomic E-state index is 13.3. The molecule has 4 rings (SSSR count). The summed E-state index contributed by atoms with van der Waals surface area (Å²) >= 11 is 0. The largest absolute Gasteiger partial charge is 0.381 e. The Morgan fingerprint density at radius 1 is 1.12 bits per heavy atom. The highest BCUT2D eigenvalue weighted by molar-refractivity contribution is 6.11. The van der Waals surface area contributed by atoms with Gasteiger partial charge in [-0.1, -0.05) is 43.7 Å². The van der Waals surface area contributed by atoms with Crippen LogP contribution in [0.5, 0.6) is 0 Å². The Kier molecular flexibility index (Phi) is 6.55. The average molecular weight is 450 g/mol. The Balaban J connectivity index is 1.45. The summed E-state index contributed by atoms with van der Waals surface area (Å²) in [5.74, 6) is -1.06. The number of Topliss-reactive ketones (excluding diaryl/α,β-unsaturated/α-hetero) is 1. The van der Waals surface area contributed by atoms with Crippen molar-refractivity contribution in [1.29, 1.82) is 0 Å². The number of benzene rings is 2. The number of hydrogen-bond donors (Lipinski definition) is 2. The first-order valence-corrected chi connectivity index (χ1v) is 11.2. The molecule has 2 saturated heterocycles. The molecule has 0 aromatic heterocycles. The highest BCUT2D eigenvalue weighted by Gasteiger charge is 2.52. The van der Waals surface area contributed by atoms with Gasteiger partial charge in [-0.25, -0.2) is 4.79 Å². The first-order chi connectivity index (χ1) is 15.9. The Morgan fingerprint density at radius 2 is 1.85 bits per heavy atom. The van der Waals surface area contributed by atoms with E-state index in [4.69, 9.17) is 4.74 Å². The van der Waals surface area contributed by atoms with Crippen molar-refractivity contribution in [3.05, 3.63) is 65.7 Å². The van der Waals surface area contributed by atoms with Crippen LogP contribution in [0.2, 0.25) is 0 Å². The fourth-order valence-corrected chi connectivity index (χ4v) is 4.34. The van der Waals surface area contributed by atoms with Crippen molar-refractivity contribution in [2.75, 3.05) is 25.1 Å². The molecule has 8 heteroatoms. The minimum Gasteiger partial charge on any atom is -0.381 e. The van der Waals surface area contributed by atoms with Gasteiger partial charge in [0.15, 0.2) is 5.78 Å². The third-order valence-corrected chi connectivity index (χ3v) is 6.14. The zero-order valence-corrected chi connectivity index (χ0v) is 18.5. The van der Waals surface area contributed by atoms with Gasteiger partial charge in [-0.3, -0.25) is 19.3 Å². The average Bonchev–Trinajstić information content (AvgIpc) is 3.44. The summed E-state index contributed by atoms with van der Waals surface area (Å²) in [6.45, 7) is 2.58. The lowest BCUT2D eigenvalue weighted by atomic mass is 9.85. The van der Waals surface area contributed by atoms with E-state index in [0.717, 1.165) is 4.90 Å². The van der Waals surface area contributed by atoms with E-state index in [0.29, 0.717) is 49.3 Å². The molecule has 2 aliphatic heterocycles. The number of ether oxygens (including phenoxy) is 1. The standard InChI is InChI=1S/C25H27N3O5/c1-2-13-25(19-6-4-3-5-7-19)23(31)28(24(32)27-25)15-21(29)17-8-10-20(11-9-17)26-22(30)18-12-14-33-16-18/h3-11,18H,2,12-16H2,1H3,(H,26,30)(H,27,32). The smallest absolute Gasteiger partial charge is 0.325 e. The van der Waals surface area contributed by atoms with E-state index in [2.05, 4.69) is 10.6 Å². The third kappa shape index (κ3) is 4.52. The molecular formula is C25H27N3O5. The van der Waals surface area contributed by atoms with E-state index in [1.807, 2.05) is 37.3 Å².